The van der Waals surface area contributed by atoms with Crippen LogP contribution in [0, 0.1) is 0 Å². The van der Waals surface area contributed by atoms with E-state index in [4.69, 9.17) is 0 Å². The van der Waals surface area contributed by atoms with Crippen LogP contribution in [0.5, 0.6) is 0 Å². The van der Waals surface area contributed by atoms with Crippen LogP contribution >= 0.6 is 0 Å². The Bertz CT molecular complexity index is 978. The van der Waals surface area contributed by atoms with Crippen molar-refractivity contribution >= 4 is 22.9 Å². The lowest BCUT2D eigenvalue weighted by molar-refractivity contribution is -0.116. The molecule has 0 bridgehead atoms. The lowest BCUT2D eigenvalue weighted by Gasteiger charge is -2.00. The number of hydrogen-bond acceptors (Lipinski definition) is 6. The minimum absolute atomic E-state index is 0.140. The molecule has 10 nitrogen and oxygen atoms in total. The highest BCUT2D eigenvalue weighted by molar-refractivity contribution is 5.89. The second-order valence-corrected chi connectivity index (χ2v) is 5.02. The summed E-state index contributed by atoms with van der Waals surface area (Å²) in [5, 5.41) is 6.14. The van der Waals surface area contributed by atoms with E-state index in [1.54, 1.807) is 0 Å². The van der Waals surface area contributed by atoms with Crippen molar-refractivity contribution in [1.82, 2.24) is 24.3 Å². The van der Waals surface area contributed by atoms with Crippen molar-refractivity contribution in [2.24, 2.45) is 14.1 Å². The van der Waals surface area contributed by atoms with Crippen molar-refractivity contribution in [3.63, 3.8) is 0 Å². The standard InChI is InChI=1S/C13H14N6O4/c1-18-11-10(12(21)19(2)13(18)22)15-7(16-11)3-4-9(20)14-8-5-6-23-17-8/h5-6H,3-4H2,1-2H3,(H,15,16)(H,14,17,20). The number of hydrogen-bond donors (Lipinski definition) is 2. The monoisotopic (exact) mass is 318 g/mol. The second kappa shape index (κ2) is 5.55. The number of amides is 1. The van der Waals surface area contributed by atoms with Gasteiger partial charge in [-0.1, -0.05) is 5.16 Å². The molecule has 0 unspecified atom stereocenters. The molecular weight excluding hydrogens is 304 g/mol. The molecule has 3 heterocycles. The number of rotatable bonds is 4. The molecule has 23 heavy (non-hydrogen) atoms. The van der Waals surface area contributed by atoms with Gasteiger partial charge in [-0.2, -0.15) is 0 Å². The topological polar surface area (TPSA) is 128 Å². The van der Waals surface area contributed by atoms with Gasteiger partial charge in [-0.15, -0.1) is 0 Å². The van der Waals surface area contributed by atoms with Gasteiger partial charge in [0.1, 0.15) is 17.6 Å². The number of anilines is 1. The van der Waals surface area contributed by atoms with Gasteiger partial charge in [0.2, 0.25) is 5.91 Å². The maximum absolute atomic E-state index is 12.0. The number of nitrogens with one attached hydrogen (secondary N) is 2. The van der Waals surface area contributed by atoms with Gasteiger partial charge in [-0.3, -0.25) is 18.7 Å². The molecule has 1 amide bonds. The predicted molar refractivity (Wildman–Crippen MR) is 80.0 cm³/mol. The highest BCUT2D eigenvalue weighted by Crippen LogP contribution is 2.07. The molecule has 120 valence electrons. The first kappa shape index (κ1) is 14.8. The summed E-state index contributed by atoms with van der Waals surface area (Å²) in [5.74, 6) is 0.519. The Hall–Kier alpha value is -3.17. The third-order valence-corrected chi connectivity index (χ3v) is 3.44. The van der Waals surface area contributed by atoms with Crippen LogP contribution in [0.2, 0.25) is 0 Å². The number of aromatic nitrogens is 5. The van der Waals surface area contributed by atoms with E-state index in [0.717, 1.165) is 4.57 Å². The molecule has 3 aromatic heterocycles. The third-order valence-electron chi connectivity index (χ3n) is 3.44. The molecule has 0 aliphatic heterocycles. The molecular formula is C13H14N6O4. The second-order valence-electron chi connectivity index (χ2n) is 5.02. The van der Waals surface area contributed by atoms with E-state index in [1.807, 2.05) is 0 Å². The van der Waals surface area contributed by atoms with E-state index in [-0.39, 0.29) is 29.9 Å². The molecule has 0 aliphatic carbocycles. The van der Waals surface area contributed by atoms with E-state index in [0.29, 0.717) is 11.6 Å². The minimum Gasteiger partial charge on any atom is -0.363 e. The molecule has 0 aliphatic rings. The van der Waals surface area contributed by atoms with Crippen molar-refractivity contribution in [1.29, 1.82) is 0 Å². The number of nitrogens with zero attached hydrogens (tertiary/aromatic N) is 4. The first-order valence-electron chi connectivity index (χ1n) is 6.82. The number of carbonyl (C=O) groups is 1. The lowest BCUT2D eigenvalue weighted by atomic mass is 10.3. The number of H-pyrrole nitrogens is 1. The van der Waals surface area contributed by atoms with Crippen LogP contribution in [0.15, 0.2) is 26.4 Å². The van der Waals surface area contributed by atoms with Crippen molar-refractivity contribution in [3.8, 4) is 0 Å². The van der Waals surface area contributed by atoms with E-state index in [9.17, 15) is 14.4 Å². The van der Waals surface area contributed by atoms with Crippen LogP contribution in [0.1, 0.15) is 12.2 Å². The molecule has 0 fully saturated rings. The fourth-order valence-corrected chi connectivity index (χ4v) is 2.21. The van der Waals surface area contributed by atoms with Gasteiger partial charge in [-0.25, -0.2) is 9.78 Å². The molecule has 2 N–H and O–H groups in total. The molecule has 0 saturated carbocycles. The summed E-state index contributed by atoms with van der Waals surface area (Å²) in [5.41, 5.74) is -0.398. The molecule has 3 aromatic rings. The van der Waals surface area contributed by atoms with Crippen LogP contribution < -0.4 is 16.6 Å². The highest BCUT2D eigenvalue weighted by atomic mass is 16.5. The summed E-state index contributed by atoms with van der Waals surface area (Å²) in [4.78, 5) is 42.8. The van der Waals surface area contributed by atoms with Crippen molar-refractivity contribution in [2.75, 3.05) is 5.32 Å². The van der Waals surface area contributed by atoms with Gasteiger partial charge in [0.05, 0.1) is 0 Å². The van der Waals surface area contributed by atoms with Crippen molar-refractivity contribution in [3.05, 3.63) is 39.0 Å². The zero-order valence-corrected chi connectivity index (χ0v) is 12.5. The van der Waals surface area contributed by atoms with Crippen molar-refractivity contribution < 1.29 is 9.32 Å². The van der Waals surface area contributed by atoms with Crippen LogP contribution in [-0.2, 0) is 25.3 Å². The van der Waals surface area contributed by atoms with Gasteiger partial charge >= 0.3 is 5.69 Å². The predicted octanol–water partition coefficient (Wildman–Crippen LogP) is -0.480. The van der Waals surface area contributed by atoms with Crippen LogP contribution in [0.4, 0.5) is 5.82 Å². The van der Waals surface area contributed by atoms with E-state index in [2.05, 4.69) is 25.0 Å². The Morgan fingerprint density at radius 3 is 2.83 bits per heavy atom. The largest absolute Gasteiger partial charge is 0.363 e. The molecule has 0 spiro atoms. The highest BCUT2D eigenvalue weighted by Gasteiger charge is 2.14. The van der Waals surface area contributed by atoms with E-state index >= 15 is 0 Å². The smallest absolute Gasteiger partial charge is 0.332 e. The SMILES string of the molecule is Cn1c(=O)c2[nH]c(CCC(=O)Nc3ccon3)nc2n(C)c1=O. The Balaban J connectivity index is 1.80. The Labute approximate surface area is 128 Å². The molecule has 0 saturated heterocycles. The van der Waals surface area contributed by atoms with Crippen molar-refractivity contribution in [2.45, 2.75) is 12.8 Å². The molecule has 0 aromatic carbocycles. The number of aromatic amines is 1. The fourth-order valence-electron chi connectivity index (χ4n) is 2.21. The molecule has 10 heteroatoms. The average Bonchev–Trinajstić information content (AvgIpc) is 3.18. The summed E-state index contributed by atoms with van der Waals surface area (Å²) < 4.78 is 6.90. The molecule has 0 radical (unpaired) electrons. The Morgan fingerprint density at radius 2 is 2.13 bits per heavy atom. The normalized spacial score (nSPS) is 11.0. The first-order valence-corrected chi connectivity index (χ1v) is 6.82. The van der Waals surface area contributed by atoms with Crippen LogP contribution in [0.25, 0.3) is 11.2 Å². The minimum atomic E-state index is -0.454. The van der Waals surface area contributed by atoms with Gasteiger partial charge in [-0.05, 0) is 0 Å². The van der Waals surface area contributed by atoms with Gasteiger partial charge in [0.15, 0.2) is 11.5 Å². The van der Waals surface area contributed by atoms with Gasteiger partial charge < -0.3 is 14.8 Å². The number of imidazole rings is 1. The summed E-state index contributed by atoms with van der Waals surface area (Å²) in [6.07, 6.45) is 1.78. The fraction of sp³-hybridized carbons (Fsp3) is 0.308. The Kier molecular flexibility index (Phi) is 3.56. The number of fused-ring (bicyclic) bond motifs is 1. The quantitative estimate of drug-likeness (QED) is 0.668. The zero-order valence-electron chi connectivity index (χ0n) is 12.5. The molecule has 3 rings (SSSR count). The van der Waals surface area contributed by atoms with E-state index < -0.39 is 11.2 Å². The summed E-state index contributed by atoms with van der Waals surface area (Å²) in [6, 6.07) is 1.53. The van der Waals surface area contributed by atoms with Gasteiger partial charge in [0.25, 0.3) is 5.56 Å². The summed E-state index contributed by atoms with van der Waals surface area (Å²) >= 11 is 0. The number of carbonyl (C=O) groups excluding carboxylic acids is 1. The van der Waals surface area contributed by atoms with E-state index in [1.165, 1.54) is 31.0 Å². The summed E-state index contributed by atoms with van der Waals surface area (Å²) in [6.45, 7) is 0. The molecule has 0 atom stereocenters. The first-order chi connectivity index (χ1) is 11.0. The van der Waals surface area contributed by atoms with Crippen LogP contribution in [-0.4, -0.2) is 30.2 Å². The zero-order chi connectivity index (χ0) is 16.6. The maximum Gasteiger partial charge on any atom is 0.332 e. The third kappa shape index (κ3) is 2.65. The number of aryl methyl sites for hydroxylation is 2. The summed E-state index contributed by atoms with van der Waals surface area (Å²) in [7, 11) is 2.93. The van der Waals surface area contributed by atoms with Gasteiger partial charge in [0, 0.05) is 33.0 Å². The lowest BCUT2D eigenvalue weighted by Crippen LogP contribution is -2.36. The van der Waals surface area contributed by atoms with Crippen LogP contribution in [0.3, 0.4) is 0 Å². The Morgan fingerprint density at radius 1 is 1.35 bits per heavy atom. The maximum atomic E-state index is 12.0. The average molecular weight is 318 g/mol.